The molecule has 3 rings (SSSR count). The standard InChI is InChI=1S/C13H23N3O.ClH/c1-13(4-5-14-9-13)10-15-6-7-16-11(8-15)2-3-12(16)17;/h11,14H,2-10H2,1H3;1H. The number of nitrogens with zero attached hydrogens (tertiary/aromatic N) is 2. The molecule has 0 aliphatic carbocycles. The van der Waals surface area contributed by atoms with Gasteiger partial charge in [-0.25, -0.2) is 0 Å². The predicted octanol–water partition coefficient (Wildman–Crippen LogP) is 0.714. The number of carbonyl (C=O) groups excluding carboxylic acids is 1. The number of hydrogen-bond donors (Lipinski definition) is 1. The maximum absolute atomic E-state index is 11.6. The smallest absolute Gasteiger partial charge is 0.222 e. The summed E-state index contributed by atoms with van der Waals surface area (Å²) in [5.74, 6) is 0.378. The number of piperazine rings is 1. The molecule has 2 unspecified atom stereocenters. The summed E-state index contributed by atoms with van der Waals surface area (Å²) in [7, 11) is 0. The molecule has 0 radical (unpaired) electrons. The van der Waals surface area contributed by atoms with Crippen LogP contribution in [0.4, 0.5) is 0 Å². The van der Waals surface area contributed by atoms with Gasteiger partial charge in [0.15, 0.2) is 0 Å². The van der Waals surface area contributed by atoms with E-state index in [2.05, 4.69) is 22.0 Å². The van der Waals surface area contributed by atoms with Crippen molar-refractivity contribution >= 4 is 18.3 Å². The van der Waals surface area contributed by atoms with Crippen LogP contribution in [0.2, 0.25) is 0 Å². The topological polar surface area (TPSA) is 35.6 Å². The number of amides is 1. The van der Waals surface area contributed by atoms with Gasteiger partial charge in [-0.05, 0) is 24.8 Å². The summed E-state index contributed by atoms with van der Waals surface area (Å²) in [5.41, 5.74) is 0.449. The summed E-state index contributed by atoms with van der Waals surface area (Å²) in [4.78, 5) is 16.3. The van der Waals surface area contributed by atoms with Crippen molar-refractivity contribution in [2.75, 3.05) is 39.3 Å². The Bertz CT molecular complexity index is 317. The van der Waals surface area contributed by atoms with Crippen molar-refractivity contribution in [2.45, 2.75) is 32.2 Å². The first-order valence-corrected chi connectivity index (χ1v) is 6.89. The summed E-state index contributed by atoms with van der Waals surface area (Å²) in [5, 5.41) is 3.46. The summed E-state index contributed by atoms with van der Waals surface area (Å²) in [6, 6.07) is 0.509. The van der Waals surface area contributed by atoms with Crippen molar-refractivity contribution in [3.8, 4) is 0 Å². The Hall–Kier alpha value is -0.320. The first-order chi connectivity index (χ1) is 8.16. The van der Waals surface area contributed by atoms with Gasteiger partial charge in [-0.1, -0.05) is 6.92 Å². The first kappa shape index (κ1) is 14.1. The van der Waals surface area contributed by atoms with Gasteiger partial charge < -0.3 is 10.2 Å². The zero-order chi connectivity index (χ0) is 11.9. The van der Waals surface area contributed by atoms with Gasteiger partial charge in [0.25, 0.3) is 0 Å². The normalized spacial score (nSPS) is 36.6. The Kier molecular flexibility index (Phi) is 4.19. The molecule has 1 N–H and O–H groups in total. The van der Waals surface area contributed by atoms with E-state index in [1.807, 2.05) is 0 Å². The molecule has 0 aromatic rings. The second-order valence-electron chi connectivity index (χ2n) is 6.25. The van der Waals surface area contributed by atoms with Gasteiger partial charge >= 0.3 is 0 Å². The molecule has 3 fully saturated rings. The second kappa shape index (κ2) is 5.35. The molecule has 0 aromatic heterocycles. The third kappa shape index (κ3) is 2.65. The maximum Gasteiger partial charge on any atom is 0.222 e. The van der Waals surface area contributed by atoms with Gasteiger partial charge in [-0.15, -0.1) is 12.4 Å². The van der Waals surface area contributed by atoms with Crippen LogP contribution in [0.15, 0.2) is 0 Å². The molecule has 2 atom stereocenters. The minimum absolute atomic E-state index is 0. The Balaban J connectivity index is 0.00000120. The molecule has 0 aromatic carbocycles. The van der Waals surface area contributed by atoms with Crippen LogP contribution in [-0.2, 0) is 4.79 Å². The molecule has 4 nitrogen and oxygen atoms in total. The highest BCUT2D eigenvalue weighted by atomic mass is 35.5. The highest BCUT2D eigenvalue weighted by Gasteiger charge is 2.38. The third-order valence-electron chi connectivity index (χ3n) is 4.64. The van der Waals surface area contributed by atoms with E-state index in [1.165, 1.54) is 19.5 Å². The molecule has 18 heavy (non-hydrogen) atoms. The van der Waals surface area contributed by atoms with Crippen molar-refractivity contribution < 1.29 is 4.79 Å². The van der Waals surface area contributed by atoms with Crippen molar-refractivity contribution in [2.24, 2.45) is 5.41 Å². The summed E-state index contributed by atoms with van der Waals surface area (Å²) in [6.45, 7) is 9.01. The van der Waals surface area contributed by atoms with Crippen molar-refractivity contribution in [3.05, 3.63) is 0 Å². The number of halogens is 1. The van der Waals surface area contributed by atoms with E-state index in [9.17, 15) is 4.79 Å². The van der Waals surface area contributed by atoms with Crippen molar-refractivity contribution in [1.29, 1.82) is 0 Å². The molecule has 3 heterocycles. The first-order valence-electron chi connectivity index (χ1n) is 6.89. The number of carbonyl (C=O) groups is 1. The largest absolute Gasteiger partial charge is 0.337 e. The Morgan fingerprint density at radius 2 is 2.28 bits per heavy atom. The monoisotopic (exact) mass is 273 g/mol. The van der Waals surface area contributed by atoms with E-state index in [0.29, 0.717) is 17.4 Å². The molecule has 5 heteroatoms. The summed E-state index contributed by atoms with van der Waals surface area (Å²) in [6.07, 6.45) is 3.14. The third-order valence-corrected chi connectivity index (χ3v) is 4.64. The predicted molar refractivity (Wildman–Crippen MR) is 74.0 cm³/mol. The molecule has 0 saturated carbocycles. The van der Waals surface area contributed by atoms with Crippen LogP contribution >= 0.6 is 12.4 Å². The van der Waals surface area contributed by atoms with E-state index in [1.54, 1.807) is 0 Å². The molecule has 0 spiro atoms. The van der Waals surface area contributed by atoms with E-state index in [4.69, 9.17) is 0 Å². The van der Waals surface area contributed by atoms with Gasteiger partial charge in [0.1, 0.15) is 0 Å². The van der Waals surface area contributed by atoms with Crippen LogP contribution in [-0.4, -0.2) is 61.0 Å². The van der Waals surface area contributed by atoms with E-state index in [0.717, 1.165) is 39.0 Å². The fourth-order valence-electron chi connectivity index (χ4n) is 3.62. The average Bonchev–Trinajstić information content (AvgIpc) is 2.87. The van der Waals surface area contributed by atoms with Gasteiger partial charge in [0.2, 0.25) is 5.91 Å². The van der Waals surface area contributed by atoms with Gasteiger partial charge in [0, 0.05) is 45.2 Å². The minimum atomic E-state index is 0. The van der Waals surface area contributed by atoms with Crippen LogP contribution in [0.1, 0.15) is 26.2 Å². The summed E-state index contributed by atoms with van der Waals surface area (Å²) < 4.78 is 0. The molecular formula is C13H24ClN3O. The lowest BCUT2D eigenvalue weighted by atomic mass is 9.89. The van der Waals surface area contributed by atoms with Crippen LogP contribution in [0, 0.1) is 5.41 Å². The molecule has 3 aliphatic heterocycles. The molecule has 3 aliphatic rings. The highest BCUT2D eigenvalue weighted by molar-refractivity contribution is 5.85. The van der Waals surface area contributed by atoms with Gasteiger partial charge in [0.05, 0.1) is 0 Å². The molecule has 0 bridgehead atoms. The fourth-order valence-corrected chi connectivity index (χ4v) is 3.62. The quantitative estimate of drug-likeness (QED) is 0.805. The zero-order valence-corrected chi connectivity index (χ0v) is 12.0. The molecule has 104 valence electrons. The van der Waals surface area contributed by atoms with E-state index in [-0.39, 0.29) is 12.4 Å². The SMILES string of the molecule is CC1(CN2CCN3C(=O)CCC3C2)CCNC1.Cl. The van der Waals surface area contributed by atoms with Crippen LogP contribution < -0.4 is 5.32 Å². The molecule has 1 amide bonds. The lowest BCUT2D eigenvalue weighted by Crippen LogP contribution is -2.53. The zero-order valence-electron chi connectivity index (χ0n) is 11.2. The Labute approximate surface area is 115 Å². The number of rotatable bonds is 2. The van der Waals surface area contributed by atoms with Gasteiger partial charge in [-0.3, -0.25) is 9.69 Å². The average molecular weight is 274 g/mol. The Morgan fingerprint density at radius 3 is 3.00 bits per heavy atom. The lowest BCUT2D eigenvalue weighted by Gasteiger charge is -2.40. The van der Waals surface area contributed by atoms with Crippen LogP contribution in [0.25, 0.3) is 0 Å². The van der Waals surface area contributed by atoms with Gasteiger partial charge in [-0.2, -0.15) is 0 Å². The minimum Gasteiger partial charge on any atom is -0.337 e. The number of nitrogens with one attached hydrogen (secondary N) is 1. The summed E-state index contributed by atoms with van der Waals surface area (Å²) >= 11 is 0. The fraction of sp³-hybridized carbons (Fsp3) is 0.923. The van der Waals surface area contributed by atoms with Crippen LogP contribution in [0.3, 0.4) is 0 Å². The van der Waals surface area contributed by atoms with Crippen LogP contribution in [0.5, 0.6) is 0 Å². The highest BCUT2D eigenvalue weighted by Crippen LogP contribution is 2.29. The lowest BCUT2D eigenvalue weighted by molar-refractivity contribution is -0.130. The number of fused-ring (bicyclic) bond motifs is 1. The van der Waals surface area contributed by atoms with E-state index >= 15 is 0 Å². The Morgan fingerprint density at radius 1 is 1.44 bits per heavy atom. The maximum atomic E-state index is 11.6. The van der Waals surface area contributed by atoms with E-state index < -0.39 is 0 Å². The van der Waals surface area contributed by atoms with Crippen molar-refractivity contribution in [1.82, 2.24) is 15.1 Å². The molecular weight excluding hydrogens is 250 g/mol. The number of hydrogen-bond acceptors (Lipinski definition) is 3. The second-order valence-corrected chi connectivity index (χ2v) is 6.25. The molecule has 3 saturated heterocycles. The van der Waals surface area contributed by atoms with Crippen molar-refractivity contribution in [3.63, 3.8) is 0 Å².